The minimum absolute atomic E-state index is 0.0263. The SMILES string of the molecule is C=C(N/N=C1\NC(=O)[C@@H](CC(=O)Nc2ccc(Cl)cc2)S1)c1ccc([N+](=O)[O-])cc1. The van der Waals surface area contributed by atoms with E-state index in [9.17, 15) is 19.7 Å². The highest BCUT2D eigenvalue weighted by Crippen LogP contribution is 2.23. The van der Waals surface area contributed by atoms with Gasteiger partial charge in [-0.1, -0.05) is 29.9 Å². The van der Waals surface area contributed by atoms with Gasteiger partial charge < -0.3 is 10.6 Å². The number of hydrogen-bond donors (Lipinski definition) is 3. The van der Waals surface area contributed by atoms with Crippen LogP contribution < -0.4 is 16.1 Å². The van der Waals surface area contributed by atoms with Gasteiger partial charge >= 0.3 is 0 Å². The van der Waals surface area contributed by atoms with Gasteiger partial charge in [-0.2, -0.15) is 0 Å². The summed E-state index contributed by atoms with van der Waals surface area (Å²) in [4.78, 5) is 34.5. The van der Waals surface area contributed by atoms with Crippen molar-refractivity contribution in [1.29, 1.82) is 0 Å². The molecule has 0 bridgehead atoms. The fraction of sp³-hybridized carbons (Fsp3) is 0.105. The number of amides is 2. The number of amidine groups is 1. The van der Waals surface area contributed by atoms with Crippen LogP contribution in [0.25, 0.3) is 5.70 Å². The molecule has 0 saturated carbocycles. The number of carbonyl (C=O) groups is 2. The molecule has 1 heterocycles. The predicted octanol–water partition coefficient (Wildman–Crippen LogP) is 3.34. The molecule has 1 saturated heterocycles. The van der Waals surface area contributed by atoms with Crippen LogP contribution in [0.2, 0.25) is 5.02 Å². The number of rotatable bonds is 7. The van der Waals surface area contributed by atoms with Gasteiger partial charge in [-0.05, 0) is 42.0 Å². The first-order chi connectivity index (χ1) is 14.3. The van der Waals surface area contributed by atoms with Gasteiger partial charge in [0.15, 0.2) is 5.17 Å². The molecule has 1 aliphatic heterocycles. The average molecular weight is 446 g/mol. The van der Waals surface area contributed by atoms with E-state index in [-0.39, 0.29) is 23.9 Å². The van der Waals surface area contributed by atoms with Gasteiger partial charge in [-0.3, -0.25) is 25.1 Å². The fourth-order valence-corrected chi connectivity index (χ4v) is 3.53. The second-order valence-electron chi connectivity index (χ2n) is 6.17. The summed E-state index contributed by atoms with van der Waals surface area (Å²) in [5, 5.41) is 20.3. The molecule has 2 amide bonds. The van der Waals surface area contributed by atoms with Gasteiger partial charge in [0.05, 0.1) is 10.6 Å². The van der Waals surface area contributed by atoms with Gasteiger partial charge in [-0.25, -0.2) is 0 Å². The molecule has 0 aromatic heterocycles. The lowest BCUT2D eigenvalue weighted by Crippen LogP contribution is -2.28. The van der Waals surface area contributed by atoms with Crippen LogP contribution in [-0.4, -0.2) is 27.2 Å². The molecule has 0 unspecified atom stereocenters. The van der Waals surface area contributed by atoms with Crippen LogP contribution in [0.15, 0.2) is 60.2 Å². The second kappa shape index (κ2) is 9.42. The smallest absolute Gasteiger partial charge is 0.269 e. The third-order valence-electron chi connectivity index (χ3n) is 3.99. The van der Waals surface area contributed by atoms with Crippen molar-refractivity contribution in [2.24, 2.45) is 5.10 Å². The lowest BCUT2D eigenvalue weighted by Gasteiger charge is -2.07. The summed E-state index contributed by atoms with van der Waals surface area (Å²) in [7, 11) is 0. The van der Waals surface area contributed by atoms with E-state index in [0.717, 1.165) is 11.8 Å². The zero-order chi connectivity index (χ0) is 21.7. The van der Waals surface area contributed by atoms with Gasteiger partial charge in [0.2, 0.25) is 11.8 Å². The Labute approximate surface area is 180 Å². The maximum Gasteiger partial charge on any atom is 0.269 e. The number of halogens is 1. The molecule has 154 valence electrons. The quantitative estimate of drug-likeness (QED) is 0.443. The molecule has 0 radical (unpaired) electrons. The van der Waals surface area contributed by atoms with Crippen molar-refractivity contribution in [2.75, 3.05) is 5.32 Å². The average Bonchev–Trinajstić information content (AvgIpc) is 3.07. The van der Waals surface area contributed by atoms with E-state index in [0.29, 0.717) is 27.1 Å². The maximum absolute atomic E-state index is 12.2. The zero-order valence-electron chi connectivity index (χ0n) is 15.4. The van der Waals surface area contributed by atoms with Crippen molar-refractivity contribution >= 4 is 57.4 Å². The molecule has 2 aromatic rings. The number of thioether (sulfide) groups is 1. The van der Waals surface area contributed by atoms with Gasteiger partial charge in [0.25, 0.3) is 5.69 Å². The highest BCUT2D eigenvalue weighted by atomic mass is 35.5. The van der Waals surface area contributed by atoms with E-state index in [2.05, 4.69) is 27.7 Å². The topological polar surface area (TPSA) is 126 Å². The molecule has 3 N–H and O–H groups in total. The van der Waals surface area contributed by atoms with E-state index in [1.165, 1.54) is 24.3 Å². The van der Waals surface area contributed by atoms with Crippen LogP contribution in [0.5, 0.6) is 0 Å². The van der Waals surface area contributed by atoms with Crippen molar-refractivity contribution in [1.82, 2.24) is 10.7 Å². The molecule has 0 spiro atoms. The summed E-state index contributed by atoms with van der Waals surface area (Å²) >= 11 is 6.93. The van der Waals surface area contributed by atoms with E-state index in [1.54, 1.807) is 24.3 Å². The van der Waals surface area contributed by atoms with E-state index >= 15 is 0 Å². The number of carbonyl (C=O) groups excluding carboxylic acids is 2. The first-order valence-corrected chi connectivity index (χ1v) is 9.88. The summed E-state index contributed by atoms with van der Waals surface area (Å²) in [5.74, 6) is -0.637. The largest absolute Gasteiger partial charge is 0.326 e. The minimum atomic E-state index is -0.620. The van der Waals surface area contributed by atoms with Crippen LogP contribution in [0, 0.1) is 10.1 Å². The molecule has 30 heavy (non-hydrogen) atoms. The molecule has 1 atom stereocenters. The molecule has 3 rings (SSSR count). The molecule has 0 aliphatic carbocycles. The molecule has 1 aliphatic rings. The summed E-state index contributed by atoms with van der Waals surface area (Å²) in [5.41, 5.74) is 4.27. The number of benzene rings is 2. The predicted molar refractivity (Wildman–Crippen MR) is 117 cm³/mol. The number of hydrazone groups is 1. The van der Waals surface area contributed by atoms with Gasteiger partial charge in [0, 0.05) is 29.3 Å². The summed E-state index contributed by atoms with van der Waals surface area (Å²) in [6, 6.07) is 12.4. The van der Waals surface area contributed by atoms with Crippen LogP contribution in [-0.2, 0) is 9.59 Å². The summed E-state index contributed by atoms with van der Waals surface area (Å²) < 4.78 is 0. The maximum atomic E-state index is 12.2. The number of nitrogens with one attached hydrogen (secondary N) is 3. The highest BCUT2D eigenvalue weighted by Gasteiger charge is 2.32. The van der Waals surface area contributed by atoms with Crippen molar-refractivity contribution in [3.63, 3.8) is 0 Å². The number of non-ortho nitro benzene ring substituents is 1. The normalized spacial score (nSPS) is 16.8. The molecular weight excluding hydrogens is 430 g/mol. The summed E-state index contributed by atoms with van der Waals surface area (Å²) in [6.45, 7) is 3.82. The monoisotopic (exact) mass is 445 g/mol. The van der Waals surface area contributed by atoms with E-state index in [1.807, 2.05) is 0 Å². The third kappa shape index (κ3) is 5.58. The van der Waals surface area contributed by atoms with Crippen molar-refractivity contribution < 1.29 is 14.5 Å². The Hall–Kier alpha value is -3.37. The Morgan fingerprint density at radius 1 is 1.23 bits per heavy atom. The molecule has 11 heteroatoms. The summed E-state index contributed by atoms with van der Waals surface area (Å²) in [6.07, 6.45) is -0.0263. The van der Waals surface area contributed by atoms with E-state index < -0.39 is 10.2 Å². The lowest BCUT2D eigenvalue weighted by molar-refractivity contribution is -0.384. The Bertz CT molecular complexity index is 1020. The number of hydrogen-bond acceptors (Lipinski definition) is 7. The number of anilines is 1. The Kier molecular flexibility index (Phi) is 6.70. The van der Waals surface area contributed by atoms with Gasteiger partial charge in [0.1, 0.15) is 5.25 Å². The number of nitrogens with zero attached hydrogens (tertiary/aromatic N) is 2. The molecule has 1 fully saturated rings. The minimum Gasteiger partial charge on any atom is -0.326 e. The zero-order valence-corrected chi connectivity index (χ0v) is 17.0. The Morgan fingerprint density at radius 3 is 2.53 bits per heavy atom. The molecular formula is C19H16ClN5O4S. The first-order valence-electron chi connectivity index (χ1n) is 8.62. The fourth-order valence-electron chi connectivity index (χ4n) is 2.47. The third-order valence-corrected chi connectivity index (χ3v) is 5.33. The first kappa shape index (κ1) is 21.3. The molecule has 9 nitrogen and oxygen atoms in total. The Morgan fingerprint density at radius 2 is 1.90 bits per heavy atom. The standard InChI is InChI=1S/C19H16ClN5O4S/c1-11(12-2-8-15(9-3-12)25(28)29)23-24-19-22-18(27)16(30-19)10-17(26)21-14-6-4-13(20)5-7-14/h2-9,16,23H,1,10H2,(H,21,26)(H,22,24,27)/t16-/m1/s1. The van der Waals surface area contributed by atoms with Crippen molar-refractivity contribution in [3.8, 4) is 0 Å². The highest BCUT2D eigenvalue weighted by molar-refractivity contribution is 8.15. The van der Waals surface area contributed by atoms with Crippen LogP contribution in [0.1, 0.15) is 12.0 Å². The van der Waals surface area contributed by atoms with Crippen LogP contribution >= 0.6 is 23.4 Å². The van der Waals surface area contributed by atoms with Crippen LogP contribution in [0.3, 0.4) is 0 Å². The lowest BCUT2D eigenvalue weighted by atomic mass is 10.1. The van der Waals surface area contributed by atoms with Crippen molar-refractivity contribution in [2.45, 2.75) is 11.7 Å². The Balaban J connectivity index is 1.53. The van der Waals surface area contributed by atoms with Crippen molar-refractivity contribution in [3.05, 3.63) is 75.8 Å². The second-order valence-corrected chi connectivity index (χ2v) is 7.79. The van der Waals surface area contributed by atoms with E-state index in [4.69, 9.17) is 11.6 Å². The van der Waals surface area contributed by atoms with Gasteiger partial charge in [-0.15, -0.1) is 5.10 Å². The number of nitro groups is 1. The molecule has 2 aromatic carbocycles. The van der Waals surface area contributed by atoms with Crippen LogP contribution in [0.4, 0.5) is 11.4 Å². The number of nitro benzene ring substituents is 1.